The number of aryl methyl sites for hydroxylation is 1. The van der Waals surface area contributed by atoms with Crippen LogP contribution in [0.1, 0.15) is 42.1 Å². The van der Waals surface area contributed by atoms with Gasteiger partial charge in [0.05, 0.1) is 5.92 Å². The van der Waals surface area contributed by atoms with E-state index >= 15 is 0 Å². The lowest BCUT2D eigenvalue weighted by Gasteiger charge is -2.26. The molecule has 98 valence electrons. The van der Waals surface area contributed by atoms with E-state index in [1.165, 1.54) is 0 Å². The first-order chi connectivity index (χ1) is 8.56. The van der Waals surface area contributed by atoms with E-state index in [0.717, 1.165) is 0 Å². The molecule has 1 fully saturated rings. The molecule has 0 aromatic carbocycles. The van der Waals surface area contributed by atoms with Crippen LogP contribution in [0.25, 0.3) is 0 Å². The van der Waals surface area contributed by atoms with Gasteiger partial charge in [0.1, 0.15) is 5.82 Å². The second-order valence-electron chi connectivity index (χ2n) is 4.60. The first-order valence-electron chi connectivity index (χ1n) is 5.99. The molecule has 0 unspecified atom stereocenters. The second kappa shape index (κ2) is 5.16. The fraction of sp³-hybridized carbons (Fsp3) is 0.636. The molecule has 0 spiro atoms. The van der Waals surface area contributed by atoms with Crippen LogP contribution in [0.3, 0.4) is 0 Å². The summed E-state index contributed by atoms with van der Waals surface area (Å²) in [5.74, 6) is -0.603. The highest BCUT2D eigenvalue weighted by molar-refractivity contribution is 5.90. The Morgan fingerprint density at radius 3 is 2.50 bits per heavy atom. The monoisotopic (exact) mass is 252 g/mol. The van der Waals surface area contributed by atoms with E-state index in [-0.39, 0.29) is 23.7 Å². The minimum absolute atomic E-state index is 0.0203. The summed E-state index contributed by atoms with van der Waals surface area (Å²) in [4.78, 5) is 26.5. The normalized spacial score (nSPS) is 23.6. The van der Waals surface area contributed by atoms with E-state index in [1.807, 2.05) is 0 Å². The number of aromatic amines is 1. The second-order valence-corrected chi connectivity index (χ2v) is 4.60. The van der Waals surface area contributed by atoms with E-state index < -0.39 is 5.97 Å². The van der Waals surface area contributed by atoms with Crippen molar-refractivity contribution in [1.82, 2.24) is 20.5 Å². The number of nitrogens with zero attached hydrogens (tertiary/aromatic N) is 2. The van der Waals surface area contributed by atoms with Crippen LogP contribution in [0.5, 0.6) is 0 Å². The van der Waals surface area contributed by atoms with Crippen molar-refractivity contribution in [3.8, 4) is 0 Å². The number of carboxylic acids is 1. The highest BCUT2D eigenvalue weighted by atomic mass is 16.4. The zero-order chi connectivity index (χ0) is 13.1. The summed E-state index contributed by atoms with van der Waals surface area (Å²) in [6, 6.07) is 0.0203. The predicted molar refractivity (Wildman–Crippen MR) is 62.0 cm³/mol. The highest BCUT2D eigenvalue weighted by Crippen LogP contribution is 2.24. The molecule has 7 nitrogen and oxygen atoms in total. The lowest BCUT2D eigenvalue weighted by molar-refractivity contribution is -0.142. The van der Waals surface area contributed by atoms with Crippen LogP contribution < -0.4 is 5.32 Å². The summed E-state index contributed by atoms with van der Waals surface area (Å²) in [6.45, 7) is 1.72. The van der Waals surface area contributed by atoms with Gasteiger partial charge in [-0.1, -0.05) is 0 Å². The molecule has 7 heteroatoms. The summed E-state index contributed by atoms with van der Waals surface area (Å²) in [5.41, 5.74) is 0. The fourth-order valence-electron chi connectivity index (χ4n) is 2.18. The van der Waals surface area contributed by atoms with Crippen LogP contribution in [-0.2, 0) is 4.79 Å². The van der Waals surface area contributed by atoms with Crippen LogP contribution in [0.4, 0.5) is 0 Å². The Morgan fingerprint density at radius 2 is 2.00 bits per heavy atom. The van der Waals surface area contributed by atoms with Crippen LogP contribution >= 0.6 is 0 Å². The number of amides is 1. The average Bonchev–Trinajstić information content (AvgIpc) is 2.76. The van der Waals surface area contributed by atoms with E-state index in [0.29, 0.717) is 31.5 Å². The van der Waals surface area contributed by atoms with E-state index in [9.17, 15) is 9.59 Å². The maximum atomic E-state index is 11.8. The molecule has 1 aromatic rings. The first kappa shape index (κ1) is 12.5. The van der Waals surface area contributed by atoms with Crippen LogP contribution in [0, 0.1) is 12.8 Å². The lowest BCUT2D eigenvalue weighted by Crippen LogP contribution is -2.39. The number of aliphatic carboxylic acids is 1. The number of carbonyl (C=O) groups excluding carboxylic acids is 1. The standard InChI is InChI=1S/C11H16N4O3/c1-6-12-9(15-14-6)10(16)13-8-4-2-7(3-5-8)11(17)18/h7-8H,2-5H2,1H3,(H,13,16)(H,17,18)(H,12,14,15). The SMILES string of the molecule is Cc1nc(C(=O)NC2CCC(C(=O)O)CC2)n[nH]1. The molecule has 1 amide bonds. The highest BCUT2D eigenvalue weighted by Gasteiger charge is 2.27. The van der Waals surface area contributed by atoms with Crippen LogP contribution in [0.15, 0.2) is 0 Å². The van der Waals surface area contributed by atoms with Gasteiger partial charge in [-0.05, 0) is 32.6 Å². The Hall–Kier alpha value is -1.92. The Balaban J connectivity index is 1.85. The Bertz CT molecular complexity index is 449. The van der Waals surface area contributed by atoms with Crippen molar-refractivity contribution < 1.29 is 14.7 Å². The minimum atomic E-state index is -0.746. The zero-order valence-corrected chi connectivity index (χ0v) is 10.1. The lowest BCUT2D eigenvalue weighted by atomic mass is 9.86. The van der Waals surface area contributed by atoms with Crippen molar-refractivity contribution >= 4 is 11.9 Å². The van der Waals surface area contributed by atoms with Gasteiger partial charge in [0.15, 0.2) is 0 Å². The van der Waals surface area contributed by atoms with Crippen molar-refractivity contribution in [3.63, 3.8) is 0 Å². The number of hydrogen-bond acceptors (Lipinski definition) is 4. The molecular weight excluding hydrogens is 236 g/mol. The van der Waals surface area contributed by atoms with Gasteiger partial charge in [-0.15, -0.1) is 5.10 Å². The number of carboxylic acid groups (broad SMARTS) is 1. The maximum absolute atomic E-state index is 11.8. The maximum Gasteiger partial charge on any atom is 0.306 e. The van der Waals surface area contributed by atoms with Gasteiger partial charge in [-0.3, -0.25) is 14.7 Å². The third kappa shape index (κ3) is 2.85. The summed E-state index contributed by atoms with van der Waals surface area (Å²) >= 11 is 0. The Morgan fingerprint density at radius 1 is 1.33 bits per heavy atom. The zero-order valence-electron chi connectivity index (χ0n) is 10.1. The first-order valence-corrected chi connectivity index (χ1v) is 5.99. The summed E-state index contributed by atoms with van der Waals surface area (Å²) in [6.07, 6.45) is 2.58. The predicted octanol–water partition coefficient (Wildman–Crippen LogP) is 0.486. The molecule has 2 rings (SSSR count). The molecule has 0 atom stereocenters. The van der Waals surface area contributed by atoms with E-state index in [2.05, 4.69) is 20.5 Å². The molecule has 0 saturated heterocycles. The molecule has 0 aliphatic heterocycles. The van der Waals surface area contributed by atoms with Crippen molar-refractivity contribution in [2.75, 3.05) is 0 Å². The summed E-state index contributed by atoms with van der Waals surface area (Å²) < 4.78 is 0. The van der Waals surface area contributed by atoms with E-state index in [4.69, 9.17) is 5.11 Å². The molecular formula is C11H16N4O3. The molecule has 0 bridgehead atoms. The van der Waals surface area contributed by atoms with Gasteiger partial charge in [0.25, 0.3) is 5.91 Å². The van der Waals surface area contributed by atoms with Crippen LogP contribution in [-0.4, -0.2) is 38.2 Å². The Labute approximate surface area is 104 Å². The largest absolute Gasteiger partial charge is 0.481 e. The molecule has 1 aliphatic carbocycles. The number of aromatic nitrogens is 3. The van der Waals surface area contributed by atoms with Crippen molar-refractivity contribution in [2.45, 2.75) is 38.6 Å². The smallest absolute Gasteiger partial charge is 0.306 e. The number of H-pyrrole nitrogens is 1. The van der Waals surface area contributed by atoms with Gasteiger partial charge < -0.3 is 10.4 Å². The van der Waals surface area contributed by atoms with Gasteiger partial charge in [-0.25, -0.2) is 4.98 Å². The van der Waals surface area contributed by atoms with Crippen molar-refractivity contribution in [1.29, 1.82) is 0 Å². The molecule has 1 heterocycles. The van der Waals surface area contributed by atoms with E-state index in [1.54, 1.807) is 6.92 Å². The molecule has 18 heavy (non-hydrogen) atoms. The number of carbonyl (C=O) groups is 2. The number of rotatable bonds is 3. The molecule has 3 N–H and O–H groups in total. The average molecular weight is 252 g/mol. The third-order valence-corrected chi connectivity index (χ3v) is 3.21. The molecule has 1 aromatic heterocycles. The summed E-state index contributed by atoms with van der Waals surface area (Å²) in [5, 5.41) is 18.1. The van der Waals surface area contributed by atoms with Crippen LogP contribution in [0.2, 0.25) is 0 Å². The molecule has 0 radical (unpaired) electrons. The summed E-state index contributed by atoms with van der Waals surface area (Å²) in [7, 11) is 0. The Kier molecular flexibility index (Phi) is 3.59. The molecule has 1 aliphatic rings. The number of hydrogen-bond donors (Lipinski definition) is 3. The number of nitrogens with one attached hydrogen (secondary N) is 2. The van der Waals surface area contributed by atoms with Gasteiger partial charge >= 0.3 is 5.97 Å². The third-order valence-electron chi connectivity index (χ3n) is 3.21. The van der Waals surface area contributed by atoms with Crippen molar-refractivity contribution in [2.24, 2.45) is 5.92 Å². The van der Waals surface area contributed by atoms with Crippen molar-refractivity contribution in [3.05, 3.63) is 11.6 Å². The van der Waals surface area contributed by atoms with Gasteiger partial charge in [0.2, 0.25) is 5.82 Å². The van der Waals surface area contributed by atoms with Gasteiger partial charge in [-0.2, -0.15) is 0 Å². The molecule has 1 saturated carbocycles. The fourth-order valence-corrected chi connectivity index (χ4v) is 2.18. The minimum Gasteiger partial charge on any atom is -0.481 e. The quantitative estimate of drug-likeness (QED) is 0.725. The topological polar surface area (TPSA) is 108 Å². The van der Waals surface area contributed by atoms with Gasteiger partial charge in [0, 0.05) is 6.04 Å².